The van der Waals surface area contributed by atoms with Gasteiger partial charge in [-0.1, -0.05) is 53.2 Å². The Bertz CT molecular complexity index is 1100. The Morgan fingerprint density at radius 1 is 1.20 bits per heavy atom. The van der Waals surface area contributed by atoms with E-state index in [4.69, 9.17) is 11.6 Å². The van der Waals surface area contributed by atoms with Crippen molar-refractivity contribution in [2.24, 2.45) is 4.99 Å². The number of nitrogens with one attached hydrogen (secondary N) is 2. The van der Waals surface area contributed by atoms with E-state index in [2.05, 4.69) is 39.9 Å². The predicted octanol–water partition coefficient (Wildman–Crippen LogP) is 3.30. The van der Waals surface area contributed by atoms with Crippen molar-refractivity contribution in [3.05, 3.63) is 64.2 Å². The normalized spacial score (nSPS) is 21.7. The molecule has 2 aliphatic rings. The highest BCUT2D eigenvalue weighted by molar-refractivity contribution is 8.15. The van der Waals surface area contributed by atoms with Crippen molar-refractivity contribution in [1.82, 2.24) is 5.32 Å². The number of thioether (sulfide) groups is 1. The van der Waals surface area contributed by atoms with E-state index in [1.807, 2.05) is 6.92 Å². The van der Waals surface area contributed by atoms with E-state index in [0.717, 1.165) is 6.42 Å². The second-order valence-corrected chi connectivity index (χ2v) is 11.3. The largest absolute Gasteiger partial charge is 0.352 e. The minimum atomic E-state index is -2.99. The zero-order valence-electron chi connectivity index (χ0n) is 16.4. The molecule has 30 heavy (non-hydrogen) atoms. The number of hydrogen-bond donors (Lipinski definition) is 2. The minimum Gasteiger partial charge on any atom is -0.352 e. The molecule has 1 amide bonds. The van der Waals surface area contributed by atoms with Gasteiger partial charge in [-0.3, -0.25) is 9.79 Å². The smallest absolute Gasteiger partial charge is 0.251 e. The molecule has 1 fully saturated rings. The number of anilines is 1. The highest BCUT2D eigenvalue weighted by Gasteiger charge is 2.42. The Kier molecular flexibility index (Phi) is 6.09. The van der Waals surface area contributed by atoms with Crippen molar-refractivity contribution in [2.45, 2.75) is 24.6 Å². The standard InChI is InChI=1S/C21H22ClN3O3S2/c1-13-2-4-14(5-3-13)8-9-23-20(26)15-6-7-16(22)17(10-15)24-21-25-18-11-30(27,28)12-19(18)29-21/h2-7,10,18-19H,8-9,11-12H2,1H3,(H,23,26)(H,24,25)/t18-,19-/m1/s1. The number of nitrogens with zero attached hydrogens (tertiary/aromatic N) is 1. The van der Waals surface area contributed by atoms with Crippen molar-refractivity contribution < 1.29 is 13.2 Å². The average molecular weight is 464 g/mol. The van der Waals surface area contributed by atoms with Gasteiger partial charge in [-0.25, -0.2) is 8.42 Å². The van der Waals surface area contributed by atoms with Crippen LogP contribution < -0.4 is 10.6 Å². The Morgan fingerprint density at radius 2 is 1.97 bits per heavy atom. The predicted molar refractivity (Wildman–Crippen MR) is 124 cm³/mol. The molecule has 2 N–H and O–H groups in total. The molecule has 2 heterocycles. The number of carbonyl (C=O) groups is 1. The fourth-order valence-electron chi connectivity index (χ4n) is 3.47. The van der Waals surface area contributed by atoms with Crippen LogP contribution in [0.15, 0.2) is 47.5 Å². The molecule has 2 aromatic rings. The number of aryl methyl sites for hydroxylation is 1. The second-order valence-electron chi connectivity index (χ2n) is 7.55. The molecule has 9 heteroatoms. The van der Waals surface area contributed by atoms with Crippen LogP contribution in [0.2, 0.25) is 5.02 Å². The van der Waals surface area contributed by atoms with Gasteiger partial charge >= 0.3 is 0 Å². The molecule has 2 atom stereocenters. The number of amides is 1. The maximum Gasteiger partial charge on any atom is 0.251 e. The summed E-state index contributed by atoms with van der Waals surface area (Å²) in [5.74, 6) is 0.0621. The van der Waals surface area contributed by atoms with Crippen LogP contribution in [-0.4, -0.2) is 48.8 Å². The number of hydrogen-bond acceptors (Lipinski definition) is 6. The minimum absolute atomic E-state index is 0.0514. The molecule has 0 bridgehead atoms. The molecule has 2 aliphatic heterocycles. The molecule has 2 aromatic carbocycles. The van der Waals surface area contributed by atoms with Crippen molar-refractivity contribution in [2.75, 3.05) is 23.4 Å². The van der Waals surface area contributed by atoms with Crippen LogP contribution in [0.4, 0.5) is 5.69 Å². The van der Waals surface area contributed by atoms with Crippen LogP contribution in [-0.2, 0) is 16.3 Å². The van der Waals surface area contributed by atoms with Crippen LogP contribution in [0.3, 0.4) is 0 Å². The molecule has 158 valence electrons. The van der Waals surface area contributed by atoms with Gasteiger partial charge in [-0.2, -0.15) is 0 Å². The number of benzene rings is 2. The number of amidine groups is 1. The summed E-state index contributed by atoms with van der Waals surface area (Å²) in [6, 6.07) is 13.1. The quantitative estimate of drug-likeness (QED) is 0.710. The Labute approximate surface area is 185 Å². The van der Waals surface area contributed by atoms with Gasteiger partial charge in [-0.05, 0) is 37.1 Å². The Morgan fingerprint density at radius 3 is 2.70 bits per heavy atom. The number of aliphatic imine (C=N–C) groups is 1. The van der Waals surface area contributed by atoms with E-state index in [1.165, 1.54) is 22.9 Å². The van der Waals surface area contributed by atoms with Gasteiger partial charge in [0.05, 0.1) is 28.3 Å². The molecule has 0 aliphatic carbocycles. The van der Waals surface area contributed by atoms with Gasteiger partial charge in [0.2, 0.25) is 0 Å². The maximum absolute atomic E-state index is 12.5. The first-order valence-electron chi connectivity index (χ1n) is 9.64. The molecular weight excluding hydrogens is 442 g/mol. The van der Waals surface area contributed by atoms with Gasteiger partial charge in [0.15, 0.2) is 15.0 Å². The number of carbonyl (C=O) groups excluding carboxylic acids is 1. The van der Waals surface area contributed by atoms with Crippen molar-refractivity contribution in [3.8, 4) is 0 Å². The van der Waals surface area contributed by atoms with Crippen LogP contribution in [0.25, 0.3) is 0 Å². The first-order valence-corrected chi connectivity index (χ1v) is 12.7. The molecule has 0 unspecified atom stereocenters. The second kappa shape index (κ2) is 8.61. The van der Waals surface area contributed by atoms with E-state index < -0.39 is 9.84 Å². The van der Waals surface area contributed by atoms with E-state index >= 15 is 0 Å². The third-order valence-electron chi connectivity index (χ3n) is 5.11. The van der Waals surface area contributed by atoms with Gasteiger partial charge in [0.25, 0.3) is 5.91 Å². The van der Waals surface area contributed by atoms with E-state index in [0.29, 0.717) is 28.0 Å². The summed E-state index contributed by atoms with van der Waals surface area (Å²) in [4.78, 5) is 17.0. The molecule has 1 saturated heterocycles. The van der Waals surface area contributed by atoms with Gasteiger partial charge in [-0.15, -0.1) is 0 Å². The molecular formula is C21H22ClN3O3S2. The summed E-state index contributed by atoms with van der Waals surface area (Å²) in [6.45, 7) is 2.58. The molecule has 4 rings (SSSR count). The first-order chi connectivity index (χ1) is 14.3. The van der Waals surface area contributed by atoms with Crippen LogP contribution in [0.1, 0.15) is 21.5 Å². The summed E-state index contributed by atoms with van der Waals surface area (Å²) in [5, 5.41) is 7.14. The number of sulfone groups is 1. The highest BCUT2D eigenvalue weighted by atomic mass is 35.5. The Balaban J connectivity index is 1.37. The molecule has 0 spiro atoms. The molecule has 0 saturated carbocycles. The average Bonchev–Trinajstić information content (AvgIpc) is 3.17. The summed E-state index contributed by atoms with van der Waals surface area (Å²) in [5.41, 5.74) is 3.46. The topological polar surface area (TPSA) is 87.6 Å². The lowest BCUT2D eigenvalue weighted by Crippen LogP contribution is -2.25. The Hall–Kier alpha value is -2.03. The molecule has 0 aromatic heterocycles. The number of halogens is 1. The third kappa shape index (κ3) is 4.99. The maximum atomic E-state index is 12.5. The van der Waals surface area contributed by atoms with Crippen LogP contribution >= 0.6 is 23.4 Å². The lowest BCUT2D eigenvalue weighted by Gasteiger charge is -2.11. The highest BCUT2D eigenvalue weighted by Crippen LogP contribution is 2.35. The SMILES string of the molecule is Cc1ccc(CCNC(=O)c2ccc(Cl)c(NC3=N[C@@H]4CS(=O)(=O)C[C@H]4S3)c2)cc1. The number of fused-ring (bicyclic) bond motifs is 1. The fourth-order valence-corrected chi connectivity index (χ4v) is 7.30. The lowest BCUT2D eigenvalue weighted by atomic mass is 10.1. The van der Waals surface area contributed by atoms with Crippen molar-refractivity contribution in [3.63, 3.8) is 0 Å². The summed E-state index contributed by atoms with van der Waals surface area (Å²) < 4.78 is 23.4. The number of rotatable bonds is 5. The van der Waals surface area contributed by atoms with E-state index in [1.54, 1.807) is 18.2 Å². The third-order valence-corrected chi connectivity index (χ3v) is 8.58. The fraction of sp³-hybridized carbons (Fsp3) is 0.333. The first kappa shape index (κ1) is 21.2. The van der Waals surface area contributed by atoms with Crippen LogP contribution in [0, 0.1) is 6.92 Å². The molecule has 6 nitrogen and oxygen atoms in total. The summed E-state index contributed by atoms with van der Waals surface area (Å²) >= 11 is 7.70. The lowest BCUT2D eigenvalue weighted by molar-refractivity contribution is 0.0954. The van der Waals surface area contributed by atoms with Crippen molar-refractivity contribution in [1.29, 1.82) is 0 Å². The van der Waals surface area contributed by atoms with Crippen molar-refractivity contribution >= 4 is 50.0 Å². The van der Waals surface area contributed by atoms with Gasteiger partial charge < -0.3 is 10.6 Å². The van der Waals surface area contributed by atoms with Crippen LogP contribution in [0.5, 0.6) is 0 Å². The zero-order valence-corrected chi connectivity index (χ0v) is 18.8. The summed E-state index contributed by atoms with van der Waals surface area (Å²) in [6.07, 6.45) is 0.754. The van der Waals surface area contributed by atoms with E-state index in [-0.39, 0.29) is 28.7 Å². The zero-order chi connectivity index (χ0) is 21.3. The van der Waals surface area contributed by atoms with Gasteiger partial charge in [0, 0.05) is 17.4 Å². The molecule has 0 radical (unpaired) electrons. The van der Waals surface area contributed by atoms with E-state index in [9.17, 15) is 13.2 Å². The monoisotopic (exact) mass is 463 g/mol. The van der Waals surface area contributed by atoms with Gasteiger partial charge in [0.1, 0.15) is 0 Å². The summed E-state index contributed by atoms with van der Waals surface area (Å²) in [7, 11) is -2.99.